The van der Waals surface area contributed by atoms with E-state index < -0.39 is 11.9 Å². The molecule has 0 N–H and O–H groups in total. The second-order valence-corrected chi connectivity index (χ2v) is 7.43. The third-order valence-electron chi connectivity index (χ3n) is 4.53. The van der Waals surface area contributed by atoms with Crippen molar-refractivity contribution in [3.8, 4) is 10.7 Å². The van der Waals surface area contributed by atoms with Crippen LogP contribution in [0.3, 0.4) is 0 Å². The fraction of sp³-hybridized carbons (Fsp3) is 0.333. The zero-order valence-corrected chi connectivity index (χ0v) is 15.9. The molecule has 0 saturated carbocycles. The minimum absolute atomic E-state index is 0.143. The van der Waals surface area contributed by atoms with E-state index >= 15 is 0 Å². The molecule has 1 aliphatic heterocycles. The first-order chi connectivity index (χ1) is 13.9. The number of hydrogen-bond acceptors (Lipinski definition) is 7. The van der Waals surface area contributed by atoms with Crippen molar-refractivity contribution in [2.24, 2.45) is 0 Å². The number of nitrogens with zero attached hydrogens (tertiary/aromatic N) is 5. The molecule has 7 nitrogen and oxygen atoms in total. The van der Waals surface area contributed by atoms with Gasteiger partial charge in [0.1, 0.15) is 5.69 Å². The van der Waals surface area contributed by atoms with Gasteiger partial charge in [-0.15, -0.1) is 11.3 Å². The van der Waals surface area contributed by atoms with Gasteiger partial charge in [0.05, 0.1) is 17.0 Å². The van der Waals surface area contributed by atoms with Crippen LogP contribution >= 0.6 is 11.3 Å². The van der Waals surface area contributed by atoms with Crippen molar-refractivity contribution in [1.29, 1.82) is 0 Å². The number of rotatable bonds is 4. The molecule has 4 rings (SSSR count). The van der Waals surface area contributed by atoms with Gasteiger partial charge in [0, 0.05) is 32.4 Å². The molecule has 0 aliphatic carbocycles. The number of halogens is 3. The van der Waals surface area contributed by atoms with Crippen LogP contribution < -0.4 is 0 Å². The maximum Gasteiger partial charge on any atom is 0.433 e. The van der Waals surface area contributed by atoms with Gasteiger partial charge in [-0.1, -0.05) is 11.2 Å². The molecule has 3 aromatic rings. The molecule has 0 spiro atoms. The first kappa shape index (κ1) is 19.5. The van der Waals surface area contributed by atoms with E-state index in [1.165, 1.54) is 11.3 Å². The summed E-state index contributed by atoms with van der Waals surface area (Å²) in [6.45, 7) is 2.56. The van der Waals surface area contributed by atoms with Gasteiger partial charge in [-0.25, -0.2) is 0 Å². The zero-order valence-electron chi connectivity index (χ0n) is 15.1. The van der Waals surface area contributed by atoms with Gasteiger partial charge in [-0.2, -0.15) is 18.2 Å². The Morgan fingerprint density at radius 2 is 1.97 bits per heavy atom. The molecule has 1 amide bonds. The maximum absolute atomic E-state index is 12.6. The highest BCUT2D eigenvalue weighted by Gasteiger charge is 2.32. The van der Waals surface area contributed by atoms with Gasteiger partial charge < -0.3 is 9.42 Å². The summed E-state index contributed by atoms with van der Waals surface area (Å²) in [6, 6.07) is 5.82. The molecule has 1 aliphatic rings. The standard InChI is InChI=1S/C18H16F3N5O2S/c19-18(20,21)14-4-3-12(10-22-14)17(27)26-7-5-25(6-8-26)11-15-23-16(24-28-15)13-2-1-9-29-13/h1-4,9-10H,5-8,11H2. The summed E-state index contributed by atoms with van der Waals surface area (Å²) in [7, 11) is 0. The average molecular weight is 423 g/mol. The molecule has 1 fully saturated rings. The fourth-order valence-corrected chi connectivity index (χ4v) is 3.65. The van der Waals surface area contributed by atoms with E-state index in [0.29, 0.717) is 44.4 Å². The first-order valence-corrected chi connectivity index (χ1v) is 9.69. The van der Waals surface area contributed by atoms with E-state index in [1.807, 2.05) is 17.5 Å². The predicted octanol–water partition coefficient (Wildman–Crippen LogP) is 3.17. The summed E-state index contributed by atoms with van der Waals surface area (Å²) < 4.78 is 43.1. The highest BCUT2D eigenvalue weighted by Crippen LogP contribution is 2.27. The summed E-state index contributed by atoms with van der Waals surface area (Å²) >= 11 is 1.53. The lowest BCUT2D eigenvalue weighted by molar-refractivity contribution is -0.141. The maximum atomic E-state index is 12.6. The molecule has 0 bridgehead atoms. The number of alkyl halides is 3. The number of carbonyl (C=O) groups is 1. The number of hydrogen-bond donors (Lipinski definition) is 0. The Hall–Kier alpha value is -2.79. The average Bonchev–Trinajstić information content (AvgIpc) is 3.39. The number of carbonyl (C=O) groups excluding carboxylic acids is 1. The Balaban J connectivity index is 1.31. The molecule has 11 heteroatoms. The van der Waals surface area contributed by atoms with E-state index in [4.69, 9.17) is 4.52 Å². The van der Waals surface area contributed by atoms with Crippen molar-refractivity contribution in [3.05, 3.63) is 53.0 Å². The second-order valence-electron chi connectivity index (χ2n) is 6.49. The third kappa shape index (κ3) is 4.46. The van der Waals surface area contributed by atoms with Gasteiger partial charge in [0.2, 0.25) is 11.7 Å². The summed E-state index contributed by atoms with van der Waals surface area (Å²) in [4.78, 5) is 24.9. The van der Waals surface area contributed by atoms with Crippen LogP contribution in [-0.2, 0) is 12.7 Å². The van der Waals surface area contributed by atoms with Gasteiger partial charge >= 0.3 is 6.18 Å². The molecule has 1 saturated heterocycles. The molecule has 3 aromatic heterocycles. The Morgan fingerprint density at radius 1 is 1.17 bits per heavy atom. The summed E-state index contributed by atoms with van der Waals surface area (Å²) in [6.07, 6.45) is -3.55. The van der Waals surface area contributed by atoms with E-state index in [9.17, 15) is 18.0 Å². The van der Waals surface area contributed by atoms with Gasteiger partial charge in [0.15, 0.2) is 0 Å². The van der Waals surface area contributed by atoms with Crippen LogP contribution in [0.2, 0.25) is 0 Å². The smallest absolute Gasteiger partial charge is 0.338 e. The number of amides is 1. The van der Waals surface area contributed by atoms with E-state index in [2.05, 4.69) is 20.0 Å². The Labute approximate surface area is 167 Å². The van der Waals surface area contributed by atoms with Crippen LogP contribution in [0, 0.1) is 0 Å². The minimum Gasteiger partial charge on any atom is -0.338 e. The van der Waals surface area contributed by atoms with Crippen molar-refractivity contribution in [2.45, 2.75) is 12.7 Å². The topological polar surface area (TPSA) is 75.4 Å². The van der Waals surface area contributed by atoms with Gasteiger partial charge in [-0.05, 0) is 23.6 Å². The molecule has 4 heterocycles. The Morgan fingerprint density at radius 3 is 2.59 bits per heavy atom. The minimum atomic E-state index is -4.52. The number of aromatic nitrogens is 3. The number of thiophene rings is 1. The summed E-state index contributed by atoms with van der Waals surface area (Å²) in [5, 5.41) is 5.92. The molecule has 152 valence electrons. The van der Waals surface area contributed by atoms with Crippen LogP contribution in [0.15, 0.2) is 40.4 Å². The number of piperazine rings is 1. The zero-order chi connectivity index (χ0) is 20.4. The molecule has 0 radical (unpaired) electrons. The van der Waals surface area contributed by atoms with Crippen LogP contribution in [0.4, 0.5) is 13.2 Å². The molecular weight excluding hydrogens is 407 g/mol. The largest absolute Gasteiger partial charge is 0.433 e. The van der Waals surface area contributed by atoms with Crippen LogP contribution in [0.25, 0.3) is 10.7 Å². The molecule has 0 atom stereocenters. The quantitative estimate of drug-likeness (QED) is 0.642. The van der Waals surface area contributed by atoms with Crippen LogP contribution in [-0.4, -0.2) is 57.0 Å². The normalized spacial score (nSPS) is 15.6. The summed E-state index contributed by atoms with van der Waals surface area (Å²) in [5.74, 6) is 0.724. The summed E-state index contributed by atoms with van der Waals surface area (Å²) in [5.41, 5.74) is -0.871. The van der Waals surface area contributed by atoms with E-state index in [-0.39, 0.29) is 11.5 Å². The second kappa shape index (κ2) is 7.91. The first-order valence-electron chi connectivity index (χ1n) is 8.81. The molecule has 29 heavy (non-hydrogen) atoms. The van der Waals surface area contributed by atoms with Crippen molar-refractivity contribution in [3.63, 3.8) is 0 Å². The number of pyridine rings is 1. The van der Waals surface area contributed by atoms with Gasteiger partial charge in [-0.3, -0.25) is 14.7 Å². The SMILES string of the molecule is O=C(c1ccc(C(F)(F)F)nc1)N1CCN(Cc2nc(-c3cccs3)no2)CC1. The van der Waals surface area contributed by atoms with E-state index in [0.717, 1.165) is 23.2 Å². The lowest BCUT2D eigenvalue weighted by atomic mass is 10.2. The molecule has 0 aromatic carbocycles. The van der Waals surface area contributed by atoms with Crippen molar-refractivity contribution >= 4 is 17.2 Å². The third-order valence-corrected chi connectivity index (χ3v) is 5.39. The van der Waals surface area contributed by atoms with Crippen LogP contribution in [0.5, 0.6) is 0 Å². The monoisotopic (exact) mass is 423 g/mol. The van der Waals surface area contributed by atoms with E-state index in [1.54, 1.807) is 4.90 Å². The van der Waals surface area contributed by atoms with Crippen molar-refractivity contribution in [1.82, 2.24) is 24.9 Å². The lowest BCUT2D eigenvalue weighted by Crippen LogP contribution is -2.48. The molecular formula is C18H16F3N5O2S. The van der Waals surface area contributed by atoms with Crippen molar-refractivity contribution < 1.29 is 22.5 Å². The Kier molecular flexibility index (Phi) is 5.33. The van der Waals surface area contributed by atoms with Gasteiger partial charge in [0.25, 0.3) is 5.91 Å². The lowest BCUT2D eigenvalue weighted by Gasteiger charge is -2.33. The predicted molar refractivity (Wildman–Crippen MR) is 98.0 cm³/mol. The molecule has 0 unspecified atom stereocenters. The Bertz CT molecular complexity index is 964. The van der Waals surface area contributed by atoms with Crippen molar-refractivity contribution in [2.75, 3.05) is 26.2 Å². The van der Waals surface area contributed by atoms with Crippen LogP contribution in [0.1, 0.15) is 21.9 Å². The fourth-order valence-electron chi connectivity index (χ4n) is 3.00. The highest BCUT2D eigenvalue weighted by molar-refractivity contribution is 7.13. The highest BCUT2D eigenvalue weighted by atomic mass is 32.1.